The van der Waals surface area contributed by atoms with Gasteiger partial charge in [0.2, 0.25) is 0 Å². The molecular weight excluding hydrogens is 875 g/mol. The minimum absolute atomic E-state index is 0.0284. The van der Waals surface area contributed by atoms with E-state index in [9.17, 15) is 0 Å². The van der Waals surface area contributed by atoms with E-state index in [4.69, 9.17) is 23.7 Å². The molecule has 8 heterocycles. The van der Waals surface area contributed by atoms with Gasteiger partial charge >= 0.3 is 0 Å². The molecule has 9 aromatic rings. The number of hydrogen-bond acceptors (Lipinski definition) is 11. The summed E-state index contributed by atoms with van der Waals surface area (Å²) in [5.41, 5.74) is 9.95. The van der Waals surface area contributed by atoms with Crippen LogP contribution in [-0.4, -0.2) is 38.9 Å². The number of ether oxygens (including phenoxy) is 5. The number of rotatable bonds is 3. The molecule has 1 N–H and O–H groups in total. The number of hydrogen-bond donors (Lipinski definition) is 1. The molecule has 0 radical (unpaired) electrons. The number of thioether (sulfide) groups is 3. The van der Waals surface area contributed by atoms with Crippen molar-refractivity contribution in [3.63, 3.8) is 0 Å². The van der Waals surface area contributed by atoms with Gasteiger partial charge in [0, 0.05) is 78.8 Å². The summed E-state index contributed by atoms with van der Waals surface area (Å²) in [7, 11) is 0. The summed E-state index contributed by atoms with van der Waals surface area (Å²) in [6, 6.07) is 39.5. The summed E-state index contributed by atoms with van der Waals surface area (Å²) in [4.78, 5) is 3.33. The minimum atomic E-state index is -0.170. The predicted octanol–water partition coefficient (Wildman–Crippen LogP) is 8.42. The summed E-state index contributed by atoms with van der Waals surface area (Å²) in [5, 5.41) is 6.16. The van der Waals surface area contributed by atoms with Crippen LogP contribution in [0.1, 0.15) is 0 Å². The van der Waals surface area contributed by atoms with Gasteiger partial charge in [-0.1, -0.05) is 36.4 Å². The number of nitrogens with one attached hydrogen (secondary N) is 1. The summed E-state index contributed by atoms with van der Waals surface area (Å²) in [6.07, 6.45) is 6.31. The molecule has 63 heavy (non-hydrogen) atoms. The normalized spacial score (nSPS) is 14.5. The van der Waals surface area contributed by atoms with Crippen LogP contribution in [-0.2, 0) is 0 Å². The standard InChI is InChI=1S/C49H28B3NO5S5/c1-59-22-12-32-43-36(13-22)57-46-25-8-4-6-10-41(25)62-48(46)51(43)27-18-28-33(20-31(27)53-32)54-37-14-23(60-2)15-38-44(37)50(28)29-19-30-35(21-34(29)55-38)56-39-16-24(61-3)17-40-45(39)52(30)49-47(58-40)26-9-5-7-11-42(26)63-49/h4-21,53H,1-3H3. The van der Waals surface area contributed by atoms with Gasteiger partial charge in [-0.05, 0) is 107 Å². The fourth-order valence-corrected chi connectivity index (χ4v) is 14.6. The Bertz CT molecular complexity index is 3380. The lowest BCUT2D eigenvalue weighted by Crippen LogP contribution is -2.63. The highest BCUT2D eigenvalue weighted by Gasteiger charge is 2.48. The second-order valence-electron chi connectivity index (χ2n) is 16.6. The minimum Gasteiger partial charge on any atom is -0.458 e. The van der Waals surface area contributed by atoms with E-state index in [-0.39, 0.29) is 20.1 Å². The smallest absolute Gasteiger partial charge is 0.273 e. The molecule has 0 saturated heterocycles. The van der Waals surface area contributed by atoms with Crippen molar-refractivity contribution in [2.45, 2.75) is 14.7 Å². The maximum atomic E-state index is 7.03. The van der Waals surface area contributed by atoms with E-state index >= 15 is 0 Å². The maximum absolute atomic E-state index is 7.03. The first-order valence-corrected chi connectivity index (χ1v) is 26.0. The molecule has 15 rings (SSSR count). The lowest BCUT2D eigenvalue weighted by atomic mass is 9.31. The Kier molecular flexibility index (Phi) is 7.31. The van der Waals surface area contributed by atoms with Gasteiger partial charge in [0.15, 0.2) is 0 Å². The van der Waals surface area contributed by atoms with Crippen LogP contribution in [0.3, 0.4) is 0 Å². The van der Waals surface area contributed by atoms with Crippen LogP contribution in [0, 0.1) is 0 Å². The molecule has 0 aliphatic carbocycles. The van der Waals surface area contributed by atoms with Crippen molar-refractivity contribution >= 4 is 157 Å². The Morgan fingerprint density at radius 3 is 1.43 bits per heavy atom. The zero-order valence-electron chi connectivity index (χ0n) is 33.7. The largest absolute Gasteiger partial charge is 0.458 e. The van der Waals surface area contributed by atoms with E-state index in [1.807, 2.05) is 22.7 Å². The topological polar surface area (TPSA) is 58.2 Å². The van der Waals surface area contributed by atoms with Crippen LogP contribution in [0.15, 0.2) is 124 Å². The van der Waals surface area contributed by atoms with Gasteiger partial charge in [-0.2, -0.15) is 0 Å². The van der Waals surface area contributed by atoms with E-state index in [0.717, 1.165) is 122 Å². The molecular formula is C49H28B3NO5S5. The summed E-state index contributed by atoms with van der Waals surface area (Å²) in [6.45, 7) is -0.279. The van der Waals surface area contributed by atoms with Crippen molar-refractivity contribution in [1.29, 1.82) is 0 Å². The second kappa shape index (κ2) is 12.8. The Morgan fingerprint density at radius 1 is 0.413 bits per heavy atom. The summed E-state index contributed by atoms with van der Waals surface area (Å²) >= 11 is 8.75. The first-order chi connectivity index (χ1) is 31.0. The van der Waals surface area contributed by atoms with Gasteiger partial charge in [0.25, 0.3) is 20.1 Å². The van der Waals surface area contributed by atoms with Crippen LogP contribution in [0.2, 0.25) is 0 Å². The van der Waals surface area contributed by atoms with Crippen LogP contribution in [0.5, 0.6) is 57.5 Å². The fraction of sp³-hybridized carbons (Fsp3) is 0.0612. The number of anilines is 2. The molecule has 6 aliphatic heterocycles. The van der Waals surface area contributed by atoms with Gasteiger partial charge in [-0.3, -0.25) is 0 Å². The third kappa shape index (κ3) is 4.83. The third-order valence-corrected chi connectivity index (χ3v) is 18.0. The molecule has 14 heteroatoms. The molecule has 0 atom stereocenters. The molecule has 7 aromatic carbocycles. The number of thiophene rings is 2. The van der Waals surface area contributed by atoms with E-state index < -0.39 is 0 Å². The van der Waals surface area contributed by atoms with Gasteiger partial charge in [0.05, 0.1) is 0 Å². The van der Waals surface area contributed by atoms with Crippen molar-refractivity contribution in [2.24, 2.45) is 0 Å². The van der Waals surface area contributed by atoms with E-state index in [1.54, 1.807) is 35.3 Å². The Labute approximate surface area is 383 Å². The van der Waals surface area contributed by atoms with Crippen LogP contribution >= 0.6 is 58.0 Å². The van der Waals surface area contributed by atoms with E-state index in [2.05, 4.69) is 133 Å². The lowest BCUT2D eigenvalue weighted by Gasteiger charge is -2.38. The highest BCUT2D eigenvalue weighted by atomic mass is 32.2. The molecule has 298 valence electrons. The quantitative estimate of drug-likeness (QED) is 0.139. The molecule has 0 fully saturated rings. The first kappa shape index (κ1) is 35.9. The summed E-state index contributed by atoms with van der Waals surface area (Å²) < 4.78 is 39.6. The molecule has 2 aromatic heterocycles. The Balaban J connectivity index is 0.971. The molecule has 6 nitrogen and oxygen atoms in total. The van der Waals surface area contributed by atoms with Crippen molar-refractivity contribution in [1.82, 2.24) is 0 Å². The first-order valence-electron chi connectivity index (χ1n) is 20.7. The molecule has 6 aliphatic rings. The number of fused-ring (bicyclic) bond motifs is 16. The Hall–Kier alpha value is -5.50. The average molecular weight is 904 g/mol. The molecule has 0 amide bonds. The molecule has 0 bridgehead atoms. The van der Waals surface area contributed by atoms with Crippen LogP contribution in [0.4, 0.5) is 11.4 Å². The highest BCUT2D eigenvalue weighted by molar-refractivity contribution is 7.99. The molecule has 0 unspecified atom stereocenters. The van der Waals surface area contributed by atoms with Crippen molar-refractivity contribution in [3.05, 3.63) is 109 Å². The van der Waals surface area contributed by atoms with Crippen molar-refractivity contribution < 1.29 is 23.7 Å². The van der Waals surface area contributed by atoms with Gasteiger partial charge in [-0.25, -0.2) is 0 Å². The van der Waals surface area contributed by atoms with Gasteiger partial charge < -0.3 is 29.0 Å². The van der Waals surface area contributed by atoms with Crippen molar-refractivity contribution in [2.75, 3.05) is 24.1 Å². The average Bonchev–Trinajstić information content (AvgIpc) is 3.88. The predicted molar refractivity (Wildman–Crippen MR) is 269 cm³/mol. The zero-order chi connectivity index (χ0) is 41.4. The van der Waals surface area contributed by atoms with E-state index in [0.29, 0.717) is 0 Å². The van der Waals surface area contributed by atoms with Gasteiger partial charge in [0.1, 0.15) is 57.5 Å². The highest BCUT2D eigenvalue weighted by Crippen LogP contribution is 2.46. The molecule has 0 spiro atoms. The molecule has 0 saturated carbocycles. The maximum Gasteiger partial charge on any atom is 0.273 e. The van der Waals surface area contributed by atoms with Crippen molar-refractivity contribution in [3.8, 4) is 57.5 Å². The van der Waals surface area contributed by atoms with Crippen LogP contribution in [0.25, 0.3) is 20.2 Å². The third-order valence-electron chi connectivity index (χ3n) is 13.4. The van der Waals surface area contributed by atoms with Crippen LogP contribution < -0.4 is 76.8 Å². The SMILES string of the molecule is CSc1cc2c3c(c1)Oc1c(sc4ccccc14)B3c1cc3c(cc1N2)Oc1cc(SC)cc2c1B3c1cc3c(cc1O2)Oc1cc(SC)cc2c1B3c1sc3ccccc3c1O2. The second-order valence-corrected chi connectivity index (χ2v) is 21.4. The van der Waals surface area contributed by atoms with Gasteiger partial charge in [-0.15, -0.1) is 58.0 Å². The fourth-order valence-electron chi connectivity index (χ4n) is 10.7. The zero-order valence-corrected chi connectivity index (χ0v) is 37.8. The van der Waals surface area contributed by atoms with E-state index in [1.165, 1.54) is 29.9 Å². The Morgan fingerprint density at radius 2 is 0.857 bits per heavy atom. The summed E-state index contributed by atoms with van der Waals surface area (Å²) in [5.74, 6) is 8.57. The number of benzene rings is 7. The monoisotopic (exact) mass is 903 g/mol. The lowest BCUT2D eigenvalue weighted by molar-refractivity contribution is 0.450.